The zero-order valence-electron chi connectivity index (χ0n) is 20.5. The van der Waals surface area contributed by atoms with Gasteiger partial charge in [-0.15, -0.1) is 0 Å². The van der Waals surface area contributed by atoms with E-state index >= 15 is 0 Å². The molecule has 2 amide bonds. The summed E-state index contributed by atoms with van der Waals surface area (Å²) in [6, 6.07) is 8.99. The topological polar surface area (TPSA) is 81.7 Å². The van der Waals surface area contributed by atoms with Gasteiger partial charge in [-0.1, -0.05) is 24.3 Å². The first-order valence-corrected chi connectivity index (χ1v) is 12.4. The molecule has 2 aliphatic heterocycles. The van der Waals surface area contributed by atoms with E-state index in [9.17, 15) is 9.59 Å². The molecule has 2 aromatic rings. The molecule has 5 rings (SSSR count). The number of anilines is 2. The lowest BCUT2D eigenvalue weighted by atomic mass is 10.0. The van der Waals surface area contributed by atoms with Gasteiger partial charge in [0.1, 0.15) is 11.5 Å². The first-order valence-electron chi connectivity index (χ1n) is 12.4. The zero-order chi connectivity index (χ0) is 24.0. The summed E-state index contributed by atoms with van der Waals surface area (Å²) < 4.78 is 0. The number of rotatable bonds is 6. The number of nitrogens with one attached hydrogen (secondary N) is 1. The lowest BCUT2D eigenvalue weighted by Crippen LogP contribution is -2.48. The van der Waals surface area contributed by atoms with Gasteiger partial charge in [-0.2, -0.15) is 4.98 Å². The van der Waals surface area contributed by atoms with Crippen molar-refractivity contribution in [3.63, 3.8) is 0 Å². The molecule has 0 spiro atoms. The van der Waals surface area contributed by atoms with Crippen molar-refractivity contribution in [1.82, 2.24) is 19.8 Å². The zero-order valence-corrected chi connectivity index (χ0v) is 20.5. The second kappa shape index (κ2) is 8.89. The molecule has 1 aromatic carbocycles. The fourth-order valence-corrected chi connectivity index (χ4v) is 4.84. The number of piperazine rings is 1. The van der Waals surface area contributed by atoms with E-state index in [0.717, 1.165) is 17.3 Å². The third-order valence-corrected chi connectivity index (χ3v) is 7.26. The van der Waals surface area contributed by atoms with Gasteiger partial charge in [0.05, 0.1) is 6.54 Å². The van der Waals surface area contributed by atoms with E-state index < -0.39 is 0 Å². The van der Waals surface area contributed by atoms with Crippen LogP contribution in [-0.4, -0.2) is 63.8 Å². The van der Waals surface area contributed by atoms with Crippen LogP contribution in [0.2, 0.25) is 0 Å². The van der Waals surface area contributed by atoms with Crippen LogP contribution < -0.4 is 10.2 Å². The van der Waals surface area contributed by atoms with Crippen LogP contribution in [0.15, 0.2) is 24.3 Å². The van der Waals surface area contributed by atoms with Gasteiger partial charge in [-0.05, 0) is 50.7 Å². The molecule has 3 heterocycles. The van der Waals surface area contributed by atoms with Gasteiger partial charge in [0.25, 0.3) is 5.91 Å². The lowest BCUT2D eigenvalue weighted by molar-refractivity contribution is -0.129. The van der Waals surface area contributed by atoms with Gasteiger partial charge in [0.2, 0.25) is 11.9 Å². The molecule has 180 valence electrons. The minimum Gasteiger partial charge on any atom is -0.363 e. The Morgan fingerprint density at radius 3 is 2.29 bits per heavy atom. The first kappa shape index (κ1) is 22.6. The van der Waals surface area contributed by atoms with Crippen molar-refractivity contribution in [2.75, 3.05) is 36.4 Å². The number of fused-ring (bicyclic) bond motifs is 1. The van der Waals surface area contributed by atoms with E-state index in [4.69, 9.17) is 9.97 Å². The smallest absolute Gasteiger partial charge is 0.273 e. The average molecular weight is 463 g/mol. The molecular formula is C26H34N6O2. The van der Waals surface area contributed by atoms with E-state index in [0.29, 0.717) is 44.4 Å². The Morgan fingerprint density at radius 2 is 1.71 bits per heavy atom. The maximum Gasteiger partial charge on any atom is 0.273 e. The highest BCUT2D eigenvalue weighted by Crippen LogP contribution is 2.40. The summed E-state index contributed by atoms with van der Waals surface area (Å²) in [6.45, 7) is 10.9. The van der Waals surface area contributed by atoms with Crippen molar-refractivity contribution in [2.24, 2.45) is 0 Å². The highest BCUT2D eigenvalue weighted by Gasteiger charge is 2.35. The summed E-state index contributed by atoms with van der Waals surface area (Å²) in [4.78, 5) is 40.3. The van der Waals surface area contributed by atoms with E-state index in [1.165, 1.54) is 24.0 Å². The van der Waals surface area contributed by atoms with Gasteiger partial charge in [0, 0.05) is 50.7 Å². The Labute approximate surface area is 201 Å². The van der Waals surface area contributed by atoms with E-state index in [2.05, 4.69) is 41.4 Å². The maximum absolute atomic E-state index is 13.2. The summed E-state index contributed by atoms with van der Waals surface area (Å²) in [5, 5.41) is 3.59. The normalized spacial score (nSPS) is 19.0. The maximum atomic E-state index is 13.2. The Bertz CT molecular complexity index is 1090. The Kier molecular flexibility index (Phi) is 5.91. The molecule has 1 aliphatic carbocycles. The van der Waals surface area contributed by atoms with Gasteiger partial charge in [-0.25, -0.2) is 4.98 Å². The quantitative estimate of drug-likeness (QED) is 0.707. The number of carbonyl (C=O) groups is 2. The molecule has 1 atom stereocenters. The minimum absolute atomic E-state index is 0.0397. The summed E-state index contributed by atoms with van der Waals surface area (Å²) in [7, 11) is 0. The molecule has 0 bridgehead atoms. The van der Waals surface area contributed by atoms with Crippen LogP contribution >= 0.6 is 0 Å². The molecule has 1 unspecified atom stereocenters. The Hall–Kier alpha value is -3.16. The number of amides is 2. The first-order chi connectivity index (χ1) is 16.3. The lowest BCUT2D eigenvalue weighted by Gasteiger charge is -2.34. The molecule has 0 radical (unpaired) electrons. The van der Waals surface area contributed by atoms with Gasteiger partial charge in [-0.3, -0.25) is 9.59 Å². The summed E-state index contributed by atoms with van der Waals surface area (Å²) in [5.41, 5.74) is 3.97. The number of benzene rings is 1. The van der Waals surface area contributed by atoms with Crippen molar-refractivity contribution in [3.8, 4) is 0 Å². The molecule has 1 aromatic heterocycles. The number of hydrogen-bond donors (Lipinski definition) is 1. The fourth-order valence-electron chi connectivity index (χ4n) is 4.84. The van der Waals surface area contributed by atoms with E-state index in [1.54, 1.807) is 6.92 Å². The van der Waals surface area contributed by atoms with Gasteiger partial charge >= 0.3 is 0 Å². The predicted molar refractivity (Wildman–Crippen MR) is 132 cm³/mol. The predicted octanol–water partition coefficient (Wildman–Crippen LogP) is 3.56. The molecule has 2 fully saturated rings. The largest absolute Gasteiger partial charge is 0.363 e. The van der Waals surface area contributed by atoms with Gasteiger partial charge < -0.3 is 20.0 Å². The molecule has 1 saturated carbocycles. The highest BCUT2D eigenvalue weighted by atomic mass is 16.2. The van der Waals surface area contributed by atoms with Crippen molar-refractivity contribution < 1.29 is 9.59 Å². The number of aromatic nitrogens is 2. The van der Waals surface area contributed by atoms with Crippen molar-refractivity contribution >= 4 is 23.6 Å². The van der Waals surface area contributed by atoms with Crippen LogP contribution in [0.3, 0.4) is 0 Å². The summed E-state index contributed by atoms with van der Waals surface area (Å²) in [6.07, 6.45) is 2.59. The molecule has 8 heteroatoms. The standard InChI is InChI=1S/C26H34N6O2/c1-16(2)32-15-22-23(25(32)34)28-26(31-13-11-30(12-14-31)18(4)33)29-24(22)27-17(3)19-5-7-20(8-6-19)21-9-10-21/h5-8,16-17,21H,9-15H2,1-4H3,(H,27,28,29). The van der Waals surface area contributed by atoms with Gasteiger partial charge in [0.15, 0.2) is 0 Å². The van der Waals surface area contributed by atoms with E-state index in [-0.39, 0.29) is 23.9 Å². The van der Waals surface area contributed by atoms with Crippen LogP contribution in [0, 0.1) is 0 Å². The van der Waals surface area contributed by atoms with Crippen LogP contribution in [0.4, 0.5) is 11.8 Å². The van der Waals surface area contributed by atoms with Crippen LogP contribution in [0.1, 0.15) is 79.7 Å². The van der Waals surface area contributed by atoms with Crippen LogP contribution in [0.25, 0.3) is 0 Å². The average Bonchev–Trinajstić information content (AvgIpc) is 3.62. The molecule has 8 nitrogen and oxygen atoms in total. The summed E-state index contributed by atoms with van der Waals surface area (Å²) >= 11 is 0. The van der Waals surface area contributed by atoms with Crippen LogP contribution in [-0.2, 0) is 11.3 Å². The summed E-state index contributed by atoms with van der Waals surface area (Å²) in [5.74, 6) is 2.06. The minimum atomic E-state index is -0.0412. The van der Waals surface area contributed by atoms with E-state index in [1.807, 2.05) is 23.6 Å². The third kappa shape index (κ3) is 4.33. The Balaban J connectivity index is 1.42. The Morgan fingerprint density at radius 1 is 1.03 bits per heavy atom. The fraction of sp³-hybridized carbons (Fsp3) is 0.538. The molecule has 34 heavy (non-hydrogen) atoms. The van der Waals surface area contributed by atoms with Crippen molar-refractivity contribution in [1.29, 1.82) is 0 Å². The van der Waals surface area contributed by atoms with Crippen molar-refractivity contribution in [2.45, 2.75) is 65.1 Å². The second-order valence-corrected chi connectivity index (χ2v) is 10.0. The monoisotopic (exact) mass is 462 g/mol. The highest BCUT2D eigenvalue weighted by molar-refractivity contribution is 5.98. The number of nitrogens with zero attached hydrogens (tertiary/aromatic N) is 5. The number of carbonyl (C=O) groups excluding carboxylic acids is 2. The second-order valence-electron chi connectivity index (χ2n) is 10.0. The van der Waals surface area contributed by atoms with Crippen LogP contribution in [0.5, 0.6) is 0 Å². The SMILES string of the molecule is CC(=O)N1CCN(c2nc(NC(C)c3ccc(C4CC4)cc3)c3c(n2)C(=O)N(C(C)C)C3)CC1. The van der Waals surface area contributed by atoms with Crippen molar-refractivity contribution in [3.05, 3.63) is 46.6 Å². The third-order valence-electron chi connectivity index (χ3n) is 7.26. The molecule has 3 aliphatic rings. The number of hydrogen-bond acceptors (Lipinski definition) is 6. The molecule has 1 saturated heterocycles. The molecule has 1 N–H and O–H groups in total. The molecular weight excluding hydrogens is 428 g/mol.